The van der Waals surface area contributed by atoms with Gasteiger partial charge >= 0.3 is 6.09 Å². The number of aromatic nitrogens is 4. The summed E-state index contributed by atoms with van der Waals surface area (Å²) in [7, 11) is 0. The summed E-state index contributed by atoms with van der Waals surface area (Å²) >= 11 is 0. The Morgan fingerprint density at radius 3 is 2.73 bits per heavy atom. The van der Waals surface area contributed by atoms with Gasteiger partial charge < -0.3 is 20.7 Å². The van der Waals surface area contributed by atoms with Crippen molar-refractivity contribution in [2.45, 2.75) is 12.8 Å². The molecule has 10 nitrogen and oxygen atoms in total. The number of hydrogen-bond acceptors (Lipinski definition) is 7. The number of carbonyl (C=O) groups excluding carboxylic acids is 2. The van der Waals surface area contributed by atoms with Gasteiger partial charge in [-0.05, 0) is 18.8 Å². The lowest BCUT2D eigenvalue weighted by atomic mass is 9.97. The molecule has 1 fully saturated rings. The molecule has 1 saturated heterocycles. The first kappa shape index (κ1) is 17.6. The third-order valence-corrected chi connectivity index (χ3v) is 4.23. The molecular formula is C16H21N7O3. The van der Waals surface area contributed by atoms with E-state index >= 15 is 0 Å². The fourth-order valence-corrected chi connectivity index (χ4v) is 2.83. The summed E-state index contributed by atoms with van der Waals surface area (Å²) in [6, 6.07) is 1.93. The van der Waals surface area contributed by atoms with Crippen LogP contribution in [0.5, 0.6) is 0 Å². The van der Waals surface area contributed by atoms with E-state index in [9.17, 15) is 9.59 Å². The van der Waals surface area contributed by atoms with Gasteiger partial charge in [-0.3, -0.25) is 9.36 Å². The molecule has 10 heteroatoms. The Hall–Kier alpha value is -3.17. The molecule has 0 unspecified atom stereocenters. The van der Waals surface area contributed by atoms with Crippen LogP contribution in [0, 0.1) is 5.92 Å². The van der Waals surface area contributed by atoms with Gasteiger partial charge in [0.1, 0.15) is 24.3 Å². The molecule has 0 aromatic carbocycles. The second-order valence-corrected chi connectivity index (χ2v) is 6.06. The molecule has 0 bridgehead atoms. The van der Waals surface area contributed by atoms with Crippen molar-refractivity contribution >= 4 is 17.8 Å². The first-order valence-corrected chi connectivity index (χ1v) is 8.36. The molecule has 138 valence electrons. The number of nitrogens with zero attached hydrogens (tertiary/aromatic N) is 5. The van der Waals surface area contributed by atoms with E-state index in [2.05, 4.69) is 29.9 Å². The molecule has 2 amide bonds. The summed E-state index contributed by atoms with van der Waals surface area (Å²) in [4.78, 5) is 36.9. The topological polar surface area (TPSA) is 128 Å². The summed E-state index contributed by atoms with van der Waals surface area (Å²) in [6.45, 7) is 1.78. The van der Waals surface area contributed by atoms with E-state index in [4.69, 9.17) is 5.73 Å². The number of amides is 2. The van der Waals surface area contributed by atoms with Crippen LogP contribution >= 0.6 is 0 Å². The number of primary amides is 1. The lowest BCUT2D eigenvalue weighted by Gasteiger charge is -2.32. The van der Waals surface area contributed by atoms with Crippen molar-refractivity contribution in [3.05, 3.63) is 31.1 Å². The van der Waals surface area contributed by atoms with E-state index in [1.165, 1.54) is 0 Å². The fraction of sp³-hybridized carbons (Fsp3) is 0.438. The molecule has 0 radical (unpaired) electrons. The van der Waals surface area contributed by atoms with Crippen LogP contribution in [0.1, 0.15) is 12.8 Å². The Bertz CT molecular complexity index is 742. The van der Waals surface area contributed by atoms with Gasteiger partial charge in [-0.15, -0.1) is 0 Å². The Morgan fingerprint density at radius 1 is 1.27 bits per heavy atom. The van der Waals surface area contributed by atoms with Crippen LogP contribution in [0.25, 0.3) is 5.82 Å². The zero-order valence-corrected chi connectivity index (χ0v) is 14.2. The number of hydrogen-bond donors (Lipinski definition) is 2. The Labute approximate surface area is 150 Å². The van der Waals surface area contributed by atoms with Crippen molar-refractivity contribution in [3.8, 4) is 5.82 Å². The van der Waals surface area contributed by atoms with E-state index in [0.29, 0.717) is 12.5 Å². The SMILES string of the molecule is NC(=O)COC(=O)NCC1CCN(c2cc(-n3ccnc3)ncn2)CC1. The monoisotopic (exact) mass is 359 g/mol. The average molecular weight is 359 g/mol. The van der Waals surface area contributed by atoms with Gasteiger partial charge in [-0.2, -0.15) is 0 Å². The van der Waals surface area contributed by atoms with Crippen LogP contribution < -0.4 is 16.0 Å². The van der Waals surface area contributed by atoms with Crippen LogP contribution in [0.3, 0.4) is 0 Å². The van der Waals surface area contributed by atoms with Crippen molar-refractivity contribution in [2.75, 3.05) is 31.1 Å². The van der Waals surface area contributed by atoms with Gasteiger partial charge in [0.25, 0.3) is 5.91 Å². The lowest BCUT2D eigenvalue weighted by Crippen LogP contribution is -2.39. The van der Waals surface area contributed by atoms with Crippen LogP contribution in [-0.2, 0) is 9.53 Å². The number of imidazole rings is 1. The third-order valence-electron chi connectivity index (χ3n) is 4.23. The standard InChI is InChI=1S/C16H21N7O3/c17-13(24)9-26-16(25)19-8-12-1-4-22(5-2-12)14-7-15(21-10-20-14)23-6-3-18-11-23/h3,6-7,10-12H,1-2,4-5,8-9H2,(H2,17,24)(H,19,25). The molecule has 2 aromatic heterocycles. The summed E-state index contributed by atoms with van der Waals surface area (Å²) in [5.74, 6) is 1.32. The maximum Gasteiger partial charge on any atom is 0.407 e. The lowest BCUT2D eigenvalue weighted by molar-refractivity contribution is -0.120. The minimum Gasteiger partial charge on any atom is -0.439 e. The normalized spacial score (nSPS) is 14.8. The smallest absolute Gasteiger partial charge is 0.407 e. The van der Waals surface area contributed by atoms with Crippen molar-refractivity contribution in [1.82, 2.24) is 24.8 Å². The first-order valence-electron chi connectivity index (χ1n) is 8.36. The predicted molar refractivity (Wildman–Crippen MR) is 92.6 cm³/mol. The summed E-state index contributed by atoms with van der Waals surface area (Å²) in [5, 5.41) is 2.67. The van der Waals surface area contributed by atoms with E-state index in [-0.39, 0.29) is 0 Å². The highest BCUT2D eigenvalue weighted by Crippen LogP contribution is 2.22. The summed E-state index contributed by atoms with van der Waals surface area (Å²) < 4.78 is 6.51. The number of nitrogens with one attached hydrogen (secondary N) is 1. The molecule has 3 N–H and O–H groups in total. The van der Waals surface area contributed by atoms with Gasteiger partial charge in [0.2, 0.25) is 0 Å². The van der Waals surface area contributed by atoms with Crippen LogP contribution in [-0.4, -0.2) is 57.8 Å². The first-order chi connectivity index (χ1) is 12.6. The summed E-state index contributed by atoms with van der Waals surface area (Å²) in [6.07, 6.45) is 8.00. The predicted octanol–water partition coefficient (Wildman–Crippen LogP) is 0.0902. The Balaban J connectivity index is 1.47. The number of ether oxygens (including phenoxy) is 1. The van der Waals surface area contributed by atoms with E-state index in [1.807, 2.05) is 16.8 Å². The maximum absolute atomic E-state index is 11.5. The van der Waals surface area contributed by atoms with Gasteiger partial charge in [-0.1, -0.05) is 0 Å². The minimum absolute atomic E-state index is 0.349. The zero-order valence-electron chi connectivity index (χ0n) is 14.2. The quantitative estimate of drug-likeness (QED) is 0.748. The second-order valence-electron chi connectivity index (χ2n) is 6.06. The third kappa shape index (κ3) is 4.68. The average Bonchev–Trinajstić information content (AvgIpc) is 3.20. The maximum atomic E-state index is 11.5. The number of piperidine rings is 1. The Morgan fingerprint density at radius 2 is 2.04 bits per heavy atom. The molecule has 2 aromatic rings. The zero-order chi connectivity index (χ0) is 18.4. The fourth-order valence-electron chi connectivity index (χ4n) is 2.83. The molecular weight excluding hydrogens is 338 g/mol. The van der Waals surface area contributed by atoms with Gasteiger partial charge in [0.05, 0.1) is 0 Å². The van der Waals surface area contributed by atoms with Crippen LogP contribution in [0.15, 0.2) is 31.1 Å². The number of anilines is 1. The second kappa shape index (κ2) is 8.28. The van der Waals surface area contributed by atoms with Gasteiger partial charge in [0.15, 0.2) is 6.61 Å². The molecule has 1 aliphatic heterocycles. The molecule has 0 aliphatic carbocycles. The molecule has 0 spiro atoms. The molecule has 0 atom stereocenters. The van der Waals surface area contributed by atoms with Crippen molar-refractivity contribution < 1.29 is 14.3 Å². The largest absolute Gasteiger partial charge is 0.439 e. The van der Waals surface area contributed by atoms with E-state index in [1.54, 1.807) is 18.9 Å². The highest BCUT2D eigenvalue weighted by molar-refractivity contribution is 5.78. The number of rotatable bonds is 6. The van der Waals surface area contributed by atoms with Crippen molar-refractivity contribution in [2.24, 2.45) is 11.7 Å². The van der Waals surface area contributed by atoms with Crippen molar-refractivity contribution in [1.29, 1.82) is 0 Å². The van der Waals surface area contributed by atoms with Crippen LogP contribution in [0.4, 0.5) is 10.6 Å². The van der Waals surface area contributed by atoms with Gasteiger partial charge in [-0.25, -0.2) is 19.7 Å². The summed E-state index contributed by atoms with van der Waals surface area (Å²) in [5.41, 5.74) is 4.93. The molecule has 3 rings (SSSR count). The molecule has 3 heterocycles. The Kier molecular flexibility index (Phi) is 5.62. The van der Waals surface area contributed by atoms with Crippen molar-refractivity contribution in [3.63, 3.8) is 0 Å². The number of alkyl carbamates (subject to hydrolysis) is 1. The number of nitrogens with two attached hydrogens (primary N) is 1. The highest BCUT2D eigenvalue weighted by atomic mass is 16.6. The van der Waals surface area contributed by atoms with Crippen LogP contribution in [0.2, 0.25) is 0 Å². The number of carbonyl (C=O) groups is 2. The minimum atomic E-state index is -0.673. The van der Waals surface area contributed by atoms with Gasteiger partial charge in [0, 0.05) is 38.1 Å². The van der Waals surface area contributed by atoms with E-state index < -0.39 is 18.6 Å². The molecule has 1 aliphatic rings. The van der Waals surface area contributed by atoms with E-state index in [0.717, 1.165) is 37.6 Å². The highest BCUT2D eigenvalue weighted by Gasteiger charge is 2.21. The molecule has 26 heavy (non-hydrogen) atoms. The molecule has 0 saturated carbocycles.